The topological polar surface area (TPSA) is 34.2 Å². The van der Waals surface area contributed by atoms with Gasteiger partial charge in [0.25, 0.3) is 0 Å². The van der Waals surface area contributed by atoms with Crippen LogP contribution in [-0.2, 0) is 11.3 Å². The summed E-state index contributed by atoms with van der Waals surface area (Å²) in [6.45, 7) is 2.61. The average Bonchev–Trinajstić information content (AvgIpc) is 2.28. The van der Waals surface area contributed by atoms with Gasteiger partial charge < -0.3 is 10.1 Å². The number of rotatable bonds is 3. The first-order chi connectivity index (χ1) is 7.34. The predicted molar refractivity (Wildman–Crippen MR) is 62.6 cm³/mol. The lowest BCUT2D eigenvalue weighted by Gasteiger charge is -2.23. The van der Waals surface area contributed by atoms with Crippen LogP contribution in [0.1, 0.15) is 18.4 Å². The Hall–Kier alpha value is -0.450. The second-order valence-electron chi connectivity index (χ2n) is 3.81. The van der Waals surface area contributed by atoms with Gasteiger partial charge >= 0.3 is 0 Å². The van der Waals surface area contributed by atoms with Crippen molar-refractivity contribution in [2.24, 2.45) is 0 Å². The summed E-state index contributed by atoms with van der Waals surface area (Å²) in [5.74, 6) is 0. The molecule has 1 N–H and O–H groups in total. The minimum absolute atomic E-state index is 0.498. The minimum atomic E-state index is 0.498. The van der Waals surface area contributed by atoms with Gasteiger partial charge in [0.15, 0.2) is 0 Å². The highest BCUT2D eigenvalue weighted by molar-refractivity contribution is 9.10. The van der Waals surface area contributed by atoms with Crippen molar-refractivity contribution >= 4 is 15.9 Å². The van der Waals surface area contributed by atoms with Gasteiger partial charge in [0.2, 0.25) is 0 Å². The van der Waals surface area contributed by atoms with E-state index in [1.54, 1.807) is 6.20 Å². The summed E-state index contributed by atoms with van der Waals surface area (Å²) in [6, 6.07) is 2.58. The van der Waals surface area contributed by atoms with E-state index in [0.717, 1.165) is 30.7 Å². The van der Waals surface area contributed by atoms with E-state index in [2.05, 4.69) is 32.3 Å². The lowest BCUT2D eigenvalue weighted by atomic mass is 10.1. The monoisotopic (exact) mass is 270 g/mol. The number of aromatic nitrogens is 1. The standard InChI is InChI=1S/C11H15BrN2O/c12-10-4-9(5-13-7-10)6-14-11-2-1-3-15-8-11/h4-5,7,11,14H,1-3,6,8H2. The van der Waals surface area contributed by atoms with Gasteiger partial charge in [-0.3, -0.25) is 4.98 Å². The Balaban J connectivity index is 1.81. The van der Waals surface area contributed by atoms with E-state index in [1.165, 1.54) is 12.0 Å². The molecule has 0 aliphatic carbocycles. The predicted octanol–water partition coefficient (Wildman–Crippen LogP) is 2.11. The molecule has 1 fully saturated rings. The van der Waals surface area contributed by atoms with Crippen LogP contribution in [0.3, 0.4) is 0 Å². The van der Waals surface area contributed by atoms with Crippen molar-refractivity contribution in [3.8, 4) is 0 Å². The molecular formula is C11H15BrN2O. The summed E-state index contributed by atoms with van der Waals surface area (Å²) in [4.78, 5) is 4.13. The maximum absolute atomic E-state index is 5.41. The van der Waals surface area contributed by atoms with Gasteiger partial charge in [-0.15, -0.1) is 0 Å². The summed E-state index contributed by atoms with van der Waals surface area (Å²) in [5.41, 5.74) is 1.20. The normalized spacial score (nSPS) is 21.5. The third-order valence-corrected chi connectivity index (χ3v) is 2.95. The maximum Gasteiger partial charge on any atom is 0.0619 e. The van der Waals surface area contributed by atoms with Crippen molar-refractivity contribution in [3.63, 3.8) is 0 Å². The summed E-state index contributed by atoms with van der Waals surface area (Å²) < 4.78 is 6.44. The maximum atomic E-state index is 5.41. The summed E-state index contributed by atoms with van der Waals surface area (Å²) in [6.07, 6.45) is 6.06. The molecule has 82 valence electrons. The third kappa shape index (κ3) is 3.55. The van der Waals surface area contributed by atoms with Crippen LogP contribution in [0.5, 0.6) is 0 Å². The lowest BCUT2D eigenvalue weighted by Crippen LogP contribution is -2.36. The molecule has 1 aliphatic heterocycles. The van der Waals surface area contributed by atoms with Crippen molar-refractivity contribution in [1.82, 2.24) is 10.3 Å². The molecule has 0 bridgehead atoms. The number of halogens is 1. The first-order valence-corrected chi connectivity index (χ1v) is 6.04. The zero-order valence-electron chi connectivity index (χ0n) is 8.58. The molecule has 1 aromatic rings. The molecular weight excluding hydrogens is 256 g/mol. The molecule has 1 atom stereocenters. The fourth-order valence-electron chi connectivity index (χ4n) is 1.72. The van der Waals surface area contributed by atoms with Crippen LogP contribution in [0.4, 0.5) is 0 Å². The Kier molecular flexibility index (Phi) is 4.11. The van der Waals surface area contributed by atoms with Crippen molar-refractivity contribution in [2.75, 3.05) is 13.2 Å². The number of hydrogen-bond donors (Lipinski definition) is 1. The van der Waals surface area contributed by atoms with Crippen LogP contribution in [0.15, 0.2) is 22.9 Å². The van der Waals surface area contributed by atoms with Crippen LogP contribution < -0.4 is 5.32 Å². The molecule has 0 amide bonds. The van der Waals surface area contributed by atoms with Crippen LogP contribution >= 0.6 is 15.9 Å². The summed E-state index contributed by atoms with van der Waals surface area (Å²) in [5, 5.41) is 3.48. The molecule has 4 heteroatoms. The molecule has 3 nitrogen and oxygen atoms in total. The minimum Gasteiger partial charge on any atom is -0.380 e. The van der Waals surface area contributed by atoms with Gasteiger partial charge in [0.05, 0.1) is 6.61 Å². The third-order valence-electron chi connectivity index (χ3n) is 2.52. The van der Waals surface area contributed by atoms with Gasteiger partial charge in [-0.2, -0.15) is 0 Å². The molecule has 15 heavy (non-hydrogen) atoms. The Morgan fingerprint density at radius 2 is 2.47 bits per heavy atom. The molecule has 0 aromatic carbocycles. The van der Waals surface area contributed by atoms with E-state index in [-0.39, 0.29) is 0 Å². The molecule has 1 saturated heterocycles. The molecule has 1 unspecified atom stereocenters. The number of pyridine rings is 1. The highest BCUT2D eigenvalue weighted by atomic mass is 79.9. The van der Waals surface area contributed by atoms with E-state index in [0.29, 0.717) is 6.04 Å². The highest BCUT2D eigenvalue weighted by Gasteiger charge is 2.12. The smallest absolute Gasteiger partial charge is 0.0619 e. The zero-order chi connectivity index (χ0) is 10.5. The first kappa shape index (κ1) is 11.0. The van der Waals surface area contributed by atoms with Crippen molar-refractivity contribution in [2.45, 2.75) is 25.4 Å². The average molecular weight is 271 g/mol. The van der Waals surface area contributed by atoms with E-state index in [4.69, 9.17) is 4.74 Å². The van der Waals surface area contributed by atoms with Gasteiger partial charge in [-0.1, -0.05) is 0 Å². The Morgan fingerprint density at radius 1 is 1.53 bits per heavy atom. The largest absolute Gasteiger partial charge is 0.380 e. The van der Waals surface area contributed by atoms with Gasteiger partial charge in [-0.25, -0.2) is 0 Å². The van der Waals surface area contributed by atoms with E-state index >= 15 is 0 Å². The molecule has 1 aromatic heterocycles. The van der Waals surface area contributed by atoms with Crippen LogP contribution in [-0.4, -0.2) is 24.2 Å². The van der Waals surface area contributed by atoms with Gasteiger partial charge in [0, 0.05) is 36.1 Å². The van der Waals surface area contributed by atoms with Gasteiger partial charge in [0.1, 0.15) is 0 Å². The SMILES string of the molecule is Brc1cncc(CNC2CCCOC2)c1. The second-order valence-corrected chi connectivity index (χ2v) is 4.72. The fraction of sp³-hybridized carbons (Fsp3) is 0.545. The number of nitrogens with zero attached hydrogens (tertiary/aromatic N) is 1. The number of ether oxygens (including phenoxy) is 1. The quantitative estimate of drug-likeness (QED) is 0.914. The summed E-state index contributed by atoms with van der Waals surface area (Å²) in [7, 11) is 0. The lowest BCUT2D eigenvalue weighted by molar-refractivity contribution is 0.0699. The molecule has 2 rings (SSSR count). The summed E-state index contributed by atoms with van der Waals surface area (Å²) >= 11 is 3.41. The van der Waals surface area contributed by atoms with E-state index in [1.807, 2.05) is 6.20 Å². The van der Waals surface area contributed by atoms with Crippen molar-refractivity contribution < 1.29 is 4.74 Å². The van der Waals surface area contributed by atoms with E-state index < -0.39 is 0 Å². The zero-order valence-corrected chi connectivity index (χ0v) is 10.2. The first-order valence-electron chi connectivity index (χ1n) is 5.25. The molecule has 1 aliphatic rings. The Bertz CT molecular complexity index is 313. The number of hydrogen-bond acceptors (Lipinski definition) is 3. The highest BCUT2D eigenvalue weighted by Crippen LogP contribution is 2.11. The molecule has 2 heterocycles. The van der Waals surface area contributed by atoms with Gasteiger partial charge in [-0.05, 0) is 40.4 Å². The van der Waals surface area contributed by atoms with E-state index in [9.17, 15) is 0 Å². The van der Waals surface area contributed by atoms with Crippen molar-refractivity contribution in [1.29, 1.82) is 0 Å². The van der Waals surface area contributed by atoms with Crippen LogP contribution in [0.2, 0.25) is 0 Å². The second kappa shape index (κ2) is 5.58. The Labute approximate surface area is 98.4 Å². The fourth-order valence-corrected chi connectivity index (χ4v) is 2.13. The molecule has 0 spiro atoms. The molecule has 0 radical (unpaired) electrons. The van der Waals surface area contributed by atoms with Crippen LogP contribution in [0.25, 0.3) is 0 Å². The molecule has 0 saturated carbocycles. The van der Waals surface area contributed by atoms with Crippen LogP contribution in [0, 0.1) is 0 Å². The van der Waals surface area contributed by atoms with Crippen molar-refractivity contribution in [3.05, 3.63) is 28.5 Å². The number of nitrogens with one attached hydrogen (secondary N) is 1. The Morgan fingerprint density at radius 3 is 3.20 bits per heavy atom.